The molecule has 1 aromatic carbocycles. The van der Waals surface area contributed by atoms with E-state index in [-0.39, 0.29) is 23.7 Å². The van der Waals surface area contributed by atoms with Crippen molar-refractivity contribution in [1.82, 2.24) is 0 Å². The third-order valence-electron chi connectivity index (χ3n) is 4.48. The first-order valence-corrected chi connectivity index (χ1v) is 7.02. The highest BCUT2D eigenvalue weighted by atomic mass is 16.2. The Kier molecular flexibility index (Phi) is 2.92. The van der Waals surface area contributed by atoms with Gasteiger partial charge in [0.1, 0.15) is 0 Å². The monoisotopic (exact) mass is 257 g/mol. The second-order valence-electron chi connectivity index (χ2n) is 5.98. The molecule has 1 saturated carbocycles. The Morgan fingerprint density at radius 1 is 1.00 bits per heavy atom. The van der Waals surface area contributed by atoms with E-state index in [2.05, 4.69) is 6.92 Å². The van der Waals surface area contributed by atoms with Gasteiger partial charge < -0.3 is 0 Å². The van der Waals surface area contributed by atoms with E-state index in [9.17, 15) is 9.59 Å². The molecule has 2 aliphatic rings. The highest BCUT2D eigenvalue weighted by Gasteiger charge is 2.49. The highest BCUT2D eigenvalue weighted by molar-refractivity contribution is 6.22. The second kappa shape index (κ2) is 4.48. The summed E-state index contributed by atoms with van der Waals surface area (Å²) in [4.78, 5) is 26.3. The largest absolute Gasteiger partial charge is 0.274 e. The van der Waals surface area contributed by atoms with Crippen LogP contribution in [-0.2, 0) is 9.59 Å². The van der Waals surface area contributed by atoms with E-state index in [1.807, 2.05) is 31.2 Å². The molecule has 2 fully saturated rings. The summed E-state index contributed by atoms with van der Waals surface area (Å²) in [6.07, 6.45) is 2.78. The number of hydrogen-bond acceptors (Lipinski definition) is 2. The number of fused-ring (bicyclic) bond motifs is 1. The number of nitrogens with zero attached hydrogens (tertiary/aromatic N) is 1. The van der Waals surface area contributed by atoms with Crippen molar-refractivity contribution in [3.63, 3.8) is 0 Å². The highest BCUT2D eigenvalue weighted by Crippen LogP contribution is 2.42. The molecule has 0 spiro atoms. The molecule has 0 bridgehead atoms. The van der Waals surface area contributed by atoms with Gasteiger partial charge in [-0.15, -0.1) is 0 Å². The first-order chi connectivity index (χ1) is 9.08. The lowest BCUT2D eigenvalue weighted by atomic mass is 9.76. The molecular weight excluding hydrogens is 238 g/mol. The number of amides is 2. The molecule has 1 aromatic rings. The summed E-state index contributed by atoms with van der Waals surface area (Å²) in [5.74, 6) is 0.398. The molecule has 1 aliphatic heterocycles. The topological polar surface area (TPSA) is 37.4 Å². The lowest BCUT2D eigenvalue weighted by Crippen LogP contribution is -2.30. The number of aryl methyl sites for hydroxylation is 1. The zero-order valence-corrected chi connectivity index (χ0v) is 11.4. The molecule has 19 heavy (non-hydrogen) atoms. The van der Waals surface area contributed by atoms with Crippen molar-refractivity contribution in [2.75, 3.05) is 4.90 Å². The number of rotatable bonds is 1. The molecular formula is C16H19NO2. The summed E-state index contributed by atoms with van der Waals surface area (Å²) in [5.41, 5.74) is 1.86. The Labute approximate surface area is 113 Å². The zero-order chi connectivity index (χ0) is 13.6. The van der Waals surface area contributed by atoms with Gasteiger partial charge in [0, 0.05) is 0 Å². The number of carbonyl (C=O) groups excluding carboxylic acids is 2. The van der Waals surface area contributed by atoms with E-state index in [0.717, 1.165) is 30.5 Å². The van der Waals surface area contributed by atoms with Gasteiger partial charge in [-0.3, -0.25) is 14.5 Å². The first kappa shape index (κ1) is 12.4. The molecule has 3 heteroatoms. The van der Waals surface area contributed by atoms with E-state index in [4.69, 9.17) is 0 Å². The maximum absolute atomic E-state index is 12.5. The molecule has 2 amide bonds. The van der Waals surface area contributed by atoms with Gasteiger partial charge in [0.05, 0.1) is 17.5 Å². The molecule has 0 unspecified atom stereocenters. The van der Waals surface area contributed by atoms with Crippen LogP contribution in [0, 0.1) is 24.7 Å². The molecule has 0 radical (unpaired) electrons. The van der Waals surface area contributed by atoms with Crippen LogP contribution >= 0.6 is 0 Å². The number of imide groups is 1. The van der Waals surface area contributed by atoms with E-state index >= 15 is 0 Å². The van der Waals surface area contributed by atoms with Gasteiger partial charge >= 0.3 is 0 Å². The van der Waals surface area contributed by atoms with E-state index in [1.54, 1.807) is 0 Å². The van der Waals surface area contributed by atoms with Crippen LogP contribution in [0.15, 0.2) is 24.3 Å². The van der Waals surface area contributed by atoms with Crippen molar-refractivity contribution in [3.8, 4) is 0 Å². The van der Waals surface area contributed by atoms with E-state index in [1.165, 1.54) is 4.90 Å². The van der Waals surface area contributed by atoms with Crippen LogP contribution in [0.5, 0.6) is 0 Å². The third kappa shape index (κ3) is 1.97. The summed E-state index contributed by atoms with van der Waals surface area (Å²) in [6.45, 7) is 4.17. The molecule has 3 rings (SSSR count). The SMILES string of the molecule is Cc1ccc(N2C(=O)[C@H]3C[C@H](C)CC[C@H]3C2=O)cc1. The smallest absolute Gasteiger partial charge is 0.237 e. The van der Waals surface area contributed by atoms with E-state index < -0.39 is 0 Å². The molecule has 100 valence electrons. The van der Waals surface area contributed by atoms with Gasteiger partial charge in [-0.2, -0.15) is 0 Å². The molecule has 0 N–H and O–H groups in total. The molecule has 3 nitrogen and oxygen atoms in total. The minimum Gasteiger partial charge on any atom is -0.274 e. The summed E-state index contributed by atoms with van der Waals surface area (Å²) in [6, 6.07) is 7.62. The molecule has 0 aromatic heterocycles. The fourth-order valence-corrected chi connectivity index (χ4v) is 3.34. The van der Waals surface area contributed by atoms with Gasteiger partial charge in [0.15, 0.2) is 0 Å². The summed E-state index contributed by atoms with van der Waals surface area (Å²) in [5, 5.41) is 0. The normalized spacial score (nSPS) is 30.6. The van der Waals surface area contributed by atoms with Gasteiger partial charge in [-0.25, -0.2) is 0 Å². The number of anilines is 1. The van der Waals surface area contributed by atoms with Gasteiger partial charge in [-0.1, -0.05) is 24.6 Å². The fraction of sp³-hybridized carbons (Fsp3) is 0.500. The minimum atomic E-state index is -0.0856. The van der Waals surface area contributed by atoms with Crippen molar-refractivity contribution < 1.29 is 9.59 Å². The lowest BCUT2D eigenvalue weighted by Gasteiger charge is -2.25. The minimum absolute atomic E-state index is 0.00500. The lowest BCUT2D eigenvalue weighted by molar-refractivity contribution is -0.122. The van der Waals surface area contributed by atoms with E-state index in [0.29, 0.717) is 5.92 Å². The Bertz CT molecular complexity index is 520. The van der Waals surface area contributed by atoms with Crippen molar-refractivity contribution in [2.24, 2.45) is 17.8 Å². The van der Waals surface area contributed by atoms with Crippen molar-refractivity contribution >= 4 is 17.5 Å². The van der Waals surface area contributed by atoms with Crippen LogP contribution in [0.2, 0.25) is 0 Å². The van der Waals surface area contributed by atoms with Crippen LogP contribution in [0.1, 0.15) is 31.7 Å². The number of hydrogen-bond donors (Lipinski definition) is 0. The first-order valence-electron chi connectivity index (χ1n) is 7.02. The Balaban J connectivity index is 1.93. The van der Waals surface area contributed by atoms with Crippen molar-refractivity contribution in [1.29, 1.82) is 0 Å². The molecule has 3 atom stereocenters. The van der Waals surface area contributed by atoms with Crippen LogP contribution in [0.4, 0.5) is 5.69 Å². The van der Waals surface area contributed by atoms with Crippen LogP contribution < -0.4 is 4.90 Å². The average Bonchev–Trinajstić information content (AvgIpc) is 2.63. The quantitative estimate of drug-likeness (QED) is 0.725. The Morgan fingerprint density at radius 2 is 1.63 bits per heavy atom. The maximum atomic E-state index is 12.5. The molecule has 1 aliphatic carbocycles. The summed E-state index contributed by atoms with van der Waals surface area (Å²) >= 11 is 0. The second-order valence-corrected chi connectivity index (χ2v) is 5.98. The Morgan fingerprint density at radius 3 is 2.32 bits per heavy atom. The van der Waals surface area contributed by atoms with Crippen molar-refractivity contribution in [2.45, 2.75) is 33.1 Å². The Hall–Kier alpha value is -1.64. The third-order valence-corrected chi connectivity index (χ3v) is 4.48. The predicted molar refractivity (Wildman–Crippen MR) is 73.7 cm³/mol. The number of benzene rings is 1. The van der Waals surface area contributed by atoms with Gasteiger partial charge in [0.25, 0.3) is 0 Å². The predicted octanol–water partition coefficient (Wildman–Crippen LogP) is 2.92. The van der Waals surface area contributed by atoms with Crippen molar-refractivity contribution in [3.05, 3.63) is 29.8 Å². The summed E-state index contributed by atoms with van der Waals surface area (Å²) in [7, 11) is 0. The number of carbonyl (C=O) groups is 2. The fourth-order valence-electron chi connectivity index (χ4n) is 3.34. The average molecular weight is 257 g/mol. The van der Waals surface area contributed by atoms with Gasteiger partial charge in [0.2, 0.25) is 11.8 Å². The standard InChI is InChI=1S/C16H19NO2/c1-10-3-6-12(7-4-10)17-15(18)13-8-5-11(2)9-14(13)16(17)19/h3-4,6-7,11,13-14H,5,8-9H2,1-2H3/t11-,13-,14+/m1/s1. The summed E-state index contributed by atoms with van der Waals surface area (Å²) < 4.78 is 0. The maximum Gasteiger partial charge on any atom is 0.237 e. The molecule has 1 heterocycles. The zero-order valence-electron chi connectivity index (χ0n) is 11.4. The van der Waals surface area contributed by atoms with Crippen LogP contribution in [0.25, 0.3) is 0 Å². The molecule has 1 saturated heterocycles. The van der Waals surface area contributed by atoms with Gasteiger partial charge in [-0.05, 0) is 44.2 Å². The van der Waals surface area contributed by atoms with Crippen LogP contribution in [-0.4, -0.2) is 11.8 Å². The van der Waals surface area contributed by atoms with Crippen LogP contribution in [0.3, 0.4) is 0 Å².